The molecule has 0 spiro atoms. The molecular formula is C23H22N6O2. The number of fused-ring (bicyclic) bond motifs is 3. The molecule has 0 unspecified atom stereocenters. The Morgan fingerprint density at radius 3 is 3.00 bits per heavy atom. The molecule has 0 saturated carbocycles. The number of likely N-dealkylation sites (N-methyl/N-ethyl adjacent to an activating group) is 1. The standard InChI is InChI=1S/C23H22N6O2/c1-28(2)10-4-7-20(30)29-11-12-31-22-19(29)9-8-18-21(22)23(26-15-25-18)27-17-6-3-5-16(13-17)14-24/h3-9,13,15H,10-12H2,1-2H3,(H,25,26,27)/b7-4+. The maximum Gasteiger partial charge on any atom is 0.250 e. The average molecular weight is 414 g/mol. The quantitative estimate of drug-likeness (QED) is 0.641. The Hall–Kier alpha value is -3.96. The van der Waals surface area contributed by atoms with Crippen LogP contribution in [-0.4, -0.2) is 54.6 Å². The lowest BCUT2D eigenvalue weighted by Gasteiger charge is -2.30. The molecule has 0 aliphatic carbocycles. The van der Waals surface area contributed by atoms with Gasteiger partial charge in [0.2, 0.25) is 0 Å². The number of benzene rings is 2. The molecule has 156 valence electrons. The highest BCUT2D eigenvalue weighted by Gasteiger charge is 2.26. The van der Waals surface area contributed by atoms with E-state index in [4.69, 9.17) is 10.00 Å². The van der Waals surface area contributed by atoms with Gasteiger partial charge in [0.1, 0.15) is 18.8 Å². The highest BCUT2D eigenvalue weighted by Crippen LogP contribution is 2.41. The molecule has 2 heterocycles. The van der Waals surface area contributed by atoms with Crippen LogP contribution < -0.4 is 15.0 Å². The largest absolute Gasteiger partial charge is 0.489 e. The van der Waals surface area contributed by atoms with E-state index in [1.54, 1.807) is 29.2 Å². The van der Waals surface area contributed by atoms with Crippen molar-refractivity contribution in [1.29, 1.82) is 5.26 Å². The molecule has 1 aromatic heterocycles. The van der Waals surface area contributed by atoms with E-state index in [-0.39, 0.29) is 5.91 Å². The predicted molar refractivity (Wildman–Crippen MR) is 120 cm³/mol. The fraction of sp³-hybridized carbons (Fsp3) is 0.217. The summed E-state index contributed by atoms with van der Waals surface area (Å²) in [7, 11) is 3.90. The number of nitrogens with zero attached hydrogens (tertiary/aromatic N) is 5. The van der Waals surface area contributed by atoms with Gasteiger partial charge in [0.25, 0.3) is 5.91 Å². The van der Waals surface area contributed by atoms with E-state index in [2.05, 4.69) is 21.4 Å². The molecule has 1 N–H and O–H groups in total. The Balaban J connectivity index is 1.73. The van der Waals surface area contributed by atoms with Crippen LogP contribution in [0.5, 0.6) is 5.75 Å². The van der Waals surface area contributed by atoms with Gasteiger partial charge in [0, 0.05) is 18.3 Å². The molecule has 4 rings (SSSR count). The molecule has 1 aliphatic heterocycles. The van der Waals surface area contributed by atoms with Crippen LogP contribution in [0.2, 0.25) is 0 Å². The van der Waals surface area contributed by atoms with Gasteiger partial charge < -0.3 is 19.9 Å². The van der Waals surface area contributed by atoms with E-state index in [1.807, 2.05) is 43.3 Å². The summed E-state index contributed by atoms with van der Waals surface area (Å²) in [6, 6.07) is 13.0. The van der Waals surface area contributed by atoms with Gasteiger partial charge in [-0.1, -0.05) is 12.1 Å². The van der Waals surface area contributed by atoms with Crippen LogP contribution in [0.25, 0.3) is 10.9 Å². The number of carbonyl (C=O) groups is 1. The van der Waals surface area contributed by atoms with Crippen LogP contribution in [0.4, 0.5) is 17.2 Å². The van der Waals surface area contributed by atoms with Crippen molar-refractivity contribution in [2.45, 2.75) is 0 Å². The van der Waals surface area contributed by atoms with Crippen molar-refractivity contribution in [2.24, 2.45) is 0 Å². The van der Waals surface area contributed by atoms with Crippen LogP contribution in [0.15, 0.2) is 54.9 Å². The van der Waals surface area contributed by atoms with Crippen LogP contribution in [-0.2, 0) is 4.79 Å². The van der Waals surface area contributed by atoms with Crippen molar-refractivity contribution in [3.63, 3.8) is 0 Å². The number of carbonyl (C=O) groups excluding carboxylic acids is 1. The highest BCUT2D eigenvalue weighted by molar-refractivity contribution is 6.07. The lowest BCUT2D eigenvalue weighted by Crippen LogP contribution is -2.37. The minimum absolute atomic E-state index is 0.0983. The molecule has 3 aromatic rings. The summed E-state index contributed by atoms with van der Waals surface area (Å²) in [5.74, 6) is 1.02. The van der Waals surface area contributed by atoms with E-state index < -0.39 is 0 Å². The number of aromatic nitrogens is 2. The van der Waals surface area contributed by atoms with Crippen molar-refractivity contribution < 1.29 is 9.53 Å². The Kier molecular flexibility index (Phi) is 5.78. The van der Waals surface area contributed by atoms with Gasteiger partial charge in [-0.25, -0.2) is 9.97 Å². The number of nitrogens with one attached hydrogen (secondary N) is 1. The molecule has 8 nitrogen and oxygen atoms in total. The van der Waals surface area contributed by atoms with Crippen LogP contribution in [0, 0.1) is 11.3 Å². The average Bonchev–Trinajstić information content (AvgIpc) is 2.78. The lowest BCUT2D eigenvalue weighted by molar-refractivity contribution is -0.114. The first kappa shape index (κ1) is 20.3. The maximum absolute atomic E-state index is 12.8. The van der Waals surface area contributed by atoms with Gasteiger partial charge in [-0.15, -0.1) is 0 Å². The fourth-order valence-electron chi connectivity index (χ4n) is 3.41. The van der Waals surface area contributed by atoms with Crippen molar-refractivity contribution in [3.05, 3.63) is 60.4 Å². The molecule has 0 radical (unpaired) electrons. The summed E-state index contributed by atoms with van der Waals surface area (Å²) < 4.78 is 5.98. The van der Waals surface area contributed by atoms with E-state index >= 15 is 0 Å². The Morgan fingerprint density at radius 1 is 1.32 bits per heavy atom. The van der Waals surface area contributed by atoms with Gasteiger partial charge in [-0.2, -0.15) is 5.26 Å². The SMILES string of the molecule is CN(C)C/C=C/C(=O)N1CCOc2c1ccc1ncnc(Nc3cccc(C#N)c3)c21. The number of amides is 1. The molecule has 0 atom stereocenters. The summed E-state index contributed by atoms with van der Waals surface area (Å²) in [6.45, 7) is 1.52. The summed E-state index contributed by atoms with van der Waals surface area (Å²) in [5.41, 5.74) is 2.65. The van der Waals surface area contributed by atoms with Crippen LogP contribution >= 0.6 is 0 Å². The summed E-state index contributed by atoms with van der Waals surface area (Å²) in [4.78, 5) is 25.3. The number of hydrogen-bond donors (Lipinski definition) is 1. The fourth-order valence-corrected chi connectivity index (χ4v) is 3.41. The smallest absolute Gasteiger partial charge is 0.250 e. The van der Waals surface area contributed by atoms with E-state index in [0.29, 0.717) is 53.4 Å². The third-order valence-corrected chi connectivity index (χ3v) is 4.84. The number of ether oxygens (including phenoxy) is 1. The lowest BCUT2D eigenvalue weighted by atomic mass is 10.1. The van der Waals surface area contributed by atoms with Crippen LogP contribution in [0.3, 0.4) is 0 Å². The highest BCUT2D eigenvalue weighted by atomic mass is 16.5. The number of nitriles is 1. The zero-order chi connectivity index (χ0) is 21.8. The number of anilines is 3. The Labute approximate surface area is 180 Å². The van der Waals surface area contributed by atoms with Gasteiger partial charge in [-0.3, -0.25) is 4.79 Å². The van der Waals surface area contributed by atoms with E-state index in [1.165, 1.54) is 6.33 Å². The summed E-state index contributed by atoms with van der Waals surface area (Å²) in [6.07, 6.45) is 4.91. The first-order chi connectivity index (χ1) is 15.1. The van der Waals surface area contributed by atoms with Gasteiger partial charge >= 0.3 is 0 Å². The topological polar surface area (TPSA) is 94.4 Å². The first-order valence-electron chi connectivity index (χ1n) is 9.87. The third kappa shape index (κ3) is 4.32. The van der Waals surface area contributed by atoms with Crippen molar-refractivity contribution in [3.8, 4) is 11.8 Å². The van der Waals surface area contributed by atoms with Crippen molar-refractivity contribution in [2.75, 3.05) is 44.0 Å². The third-order valence-electron chi connectivity index (χ3n) is 4.84. The molecule has 8 heteroatoms. The maximum atomic E-state index is 12.8. The normalized spacial score (nSPS) is 13.2. The minimum Gasteiger partial charge on any atom is -0.489 e. The van der Waals surface area contributed by atoms with Gasteiger partial charge in [0.05, 0.1) is 34.8 Å². The van der Waals surface area contributed by atoms with E-state index in [9.17, 15) is 4.79 Å². The molecule has 0 saturated heterocycles. The second-order valence-electron chi connectivity index (χ2n) is 7.35. The molecule has 0 bridgehead atoms. The number of hydrogen-bond acceptors (Lipinski definition) is 7. The molecule has 2 aromatic carbocycles. The second-order valence-corrected chi connectivity index (χ2v) is 7.35. The Morgan fingerprint density at radius 2 is 2.19 bits per heavy atom. The van der Waals surface area contributed by atoms with Crippen molar-refractivity contribution in [1.82, 2.24) is 14.9 Å². The van der Waals surface area contributed by atoms with Gasteiger partial charge in [0.15, 0.2) is 5.75 Å². The molecule has 1 aliphatic rings. The summed E-state index contributed by atoms with van der Waals surface area (Å²) >= 11 is 0. The Bertz CT molecular complexity index is 1200. The number of rotatable bonds is 5. The molecular weight excluding hydrogens is 392 g/mol. The predicted octanol–water partition coefficient (Wildman–Crippen LogP) is 3.09. The monoisotopic (exact) mass is 414 g/mol. The summed E-state index contributed by atoms with van der Waals surface area (Å²) in [5, 5.41) is 13.1. The molecule has 1 amide bonds. The zero-order valence-electron chi connectivity index (χ0n) is 17.4. The van der Waals surface area contributed by atoms with Crippen LogP contribution in [0.1, 0.15) is 5.56 Å². The van der Waals surface area contributed by atoms with Crippen molar-refractivity contribution >= 4 is 34.0 Å². The zero-order valence-corrected chi connectivity index (χ0v) is 17.4. The molecule has 31 heavy (non-hydrogen) atoms. The van der Waals surface area contributed by atoms with Gasteiger partial charge in [-0.05, 0) is 44.4 Å². The second kappa shape index (κ2) is 8.81. The van der Waals surface area contributed by atoms with E-state index in [0.717, 1.165) is 5.69 Å². The first-order valence-corrected chi connectivity index (χ1v) is 9.87. The molecule has 0 fully saturated rings. The minimum atomic E-state index is -0.0983.